The molecule has 1 aromatic carbocycles. The summed E-state index contributed by atoms with van der Waals surface area (Å²) in [6, 6.07) is 5.15. The van der Waals surface area contributed by atoms with Gasteiger partial charge in [-0.05, 0) is 24.6 Å². The molecule has 0 aliphatic carbocycles. The highest BCUT2D eigenvalue weighted by atomic mass is 16.7. The first-order valence-electron chi connectivity index (χ1n) is 7.44. The molecular formula is C16H17NO7. The first-order chi connectivity index (χ1) is 11.6. The minimum absolute atomic E-state index is 0.0436. The van der Waals surface area contributed by atoms with Gasteiger partial charge in [0.05, 0.1) is 6.04 Å². The Kier molecular flexibility index (Phi) is 4.74. The van der Waals surface area contributed by atoms with E-state index in [4.69, 9.17) is 23.7 Å². The van der Waals surface area contributed by atoms with E-state index in [1.165, 1.54) is 6.26 Å². The van der Waals surface area contributed by atoms with Crippen molar-refractivity contribution in [3.05, 3.63) is 35.8 Å². The summed E-state index contributed by atoms with van der Waals surface area (Å²) in [5, 5.41) is 2.74. The Labute approximate surface area is 138 Å². The summed E-state index contributed by atoms with van der Waals surface area (Å²) in [6.45, 7) is 2.25. The second-order valence-corrected chi connectivity index (χ2v) is 5.18. The van der Waals surface area contributed by atoms with Crippen molar-refractivity contribution in [3.63, 3.8) is 0 Å². The lowest BCUT2D eigenvalue weighted by molar-refractivity contribution is -0.149. The predicted molar refractivity (Wildman–Crippen MR) is 80.1 cm³/mol. The molecule has 8 heteroatoms. The maximum atomic E-state index is 11.9. The van der Waals surface area contributed by atoms with Gasteiger partial charge in [0.1, 0.15) is 19.5 Å². The number of nitrogens with one attached hydrogen (secondary N) is 1. The van der Waals surface area contributed by atoms with Gasteiger partial charge in [-0.15, -0.1) is 0 Å². The molecule has 1 aromatic rings. The van der Waals surface area contributed by atoms with Crippen LogP contribution < -0.4 is 14.8 Å². The van der Waals surface area contributed by atoms with Crippen molar-refractivity contribution in [2.45, 2.75) is 13.0 Å². The van der Waals surface area contributed by atoms with Crippen LogP contribution in [0.2, 0.25) is 0 Å². The number of amides is 1. The summed E-state index contributed by atoms with van der Waals surface area (Å²) in [5.74, 6) is 0.111. The van der Waals surface area contributed by atoms with E-state index >= 15 is 0 Å². The van der Waals surface area contributed by atoms with Gasteiger partial charge in [-0.3, -0.25) is 4.79 Å². The number of carbonyl (C=O) groups is 2. The SMILES string of the molecule is C[C@H](NC(=O)COC(=O)C1=COCCO1)c1ccc2c(c1)OCO2. The number of carbonyl (C=O) groups excluding carboxylic acids is 2. The summed E-state index contributed by atoms with van der Waals surface area (Å²) in [7, 11) is 0. The van der Waals surface area contributed by atoms with Crippen molar-refractivity contribution >= 4 is 11.9 Å². The van der Waals surface area contributed by atoms with Crippen molar-refractivity contribution in [1.82, 2.24) is 5.32 Å². The summed E-state index contributed by atoms with van der Waals surface area (Å²) in [6.07, 6.45) is 1.18. The van der Waals surface area contributed by atoms with E-state index in [-0.39, 0.29) is 25.2 Å². The third-order valence-electron chi connectivity index (χ3n) is 3.46. The van der Waals surface area contributed by atoms with Crippen LogP contribution >= 0.6 is 0 Å². The summed E-state index contributed by atoms with van der Waals surface area (Å²) < 4.78 is 25.5. The lowest BCUT2D eigenvalue weighted by atomic mass is 10.1. The van der Waals surface area contributed by atoms with Crippen LogP contribution in [-0.2, 0) is 23.8 Å². The number of hydrogen-bond donors (Lipinski definition) is 1. The molecule has 1 amide bonds. The number of ether oxygens (including phenoxy) is 5. The van der Waals surface area contributed by atoms with Crippen LogP contribution in [0, 0.1) is 0 Å². The number of hydrogen-bond acceptors (Lipinski definition) is 7. The first-order valence-corrected chi connectivity index (χ1v) is 7.44. The van der Waals surface area contributed by atoms with Crippen molar-refractivity contribution in [3.8, 4) is 11.5 Å². The minimum atomic E-state index is -0.736. The van der Waals surface area contributed by atoms with E-state index in [0.717, 1.165) is 5.56 Å². The number of benzene rings is 1. The van der Waals surface area contributed by atoms with E-state index < -0.39 is 18.5 Å². The molecule has 1 atom stereocenters. The van der Waals surface area contributed by atoms with Gasteiger partial charge in [-0.25, -0.2) is 4.79 Å². The van der Waals surface area contributed by atoms with E-state index in [0.29, 0.717) is 18.1 Å². The monoisotopic (exact) mass is 335 g/mol. The van der Waals surface area contributed by atoms with Crippen molar-refractivity contribution in [1.29, 1.82) is 0 Å². The molecule has 2 aliphatic rings. The van der Waals surface area contributed by atoms with Gasteiger partial charge in [0, 0.05) is 0 Å². The van der Waals surface area contributed by atoms with Crippen LogP contribution in [0.1, 0.15) is 18.5 Å². The molecule has 0 fully saturated rings. The Bertz CT molecular complexity index is 670. The first kappa shape index (κ1) is 16.0. The fourth-order valence-electron chi connectivity index (χ4n) is 2.23. The van der Waals surface area contributed by atoms with Crippen LogP contribution in [0.15, 0.2) is 30.2 Å². The largest absolute Gasteiger partial charge is 0.493 e. The molecule has 2 heterocycles. The Morgan fingerprint density at radius 3 is 2.83 bits per heavy atom. The van der Waals surface area contributed by atoms with Crippen molar-refractivity contribution < 1.29 is 33.3 Å². The number of fused-ring (bicyclic) bond motifs is 1. The smallest absolute Gasteiger partial charge is 0.377 e. The van der Waals surface area contributed by atoms with E-state index in [1.807, 2.05) is 13.0 Å². The molecule has 2 aliphatic heterocycles. The van der Waals surface area contributed by atoms with Gasteiger partial charge in [0.15, 0.2) is 18.1 Å². The summed E-state index contributed by atoms with van der Waals surface area (Å²) in [4.78, 5) is 23.6. The Balaban J connectivity index is 1.49. The molecule has 3 rings (SSSR count). The molecule has 0 saturated heterocycles. The van der Waals surface area contributed by atoms with Crippen LogP contribution in [0.25, 0.3) is 0 Å². The van der Waals surface area contributed by atoms with Crippen molar-refractivity contribution in [2.75, 3.05) is 26.6 Å². The maximum absolute atomic E-state index is 11.9. The third kappa shape index (κ3) is 3.70. The zero-order valence-electron chi connectivity index (χ0n) is 13.1. The standard InChI is InChI=1S/C16H17NO7/c1-10(11-2-3-12-13(6-11)24-9-23-12)17-15(18)8-22-16(19)14-7-20-4-5-21-14/h2-3,6-7,10H,4-5,8-9H2,1H3,(H,17,18)/t10-/m0/s1. The molecule has 24 heavy (non-hydrogen) atoms. The van der Waals surface area contributed by atoms with Crippen LogP contribution in [0.4, 0.5) is 0 Å². The molecule has 1 N–H and O–H groups in total. The second-order valence-electron chi connectivity index (χ2n) is 5.18. The van der Waals surface area contributed by atoms with Crippen molar-refractivity contribution in [2.24, 2.45) is 0 Å². The lowest BCUT2D eigenvalue weighted by Crippen LogP contribution is -2.31. The fourth-order valence-corrected chi connectivity index (χ4v) is 2.23. The third-order valence-corrected chi connectivity index (χ3v) is 3.46. The second kappa shape index (κ2) is 7.12. The topological polar surface area (TPSA) is 92.3 Å². The fraction of sp³-hybridized carbons (Fsp3) is 0.375. The highest BCUT2D eigenvalue weighted by molar-refractivity contribution is 5.88. The normalized spacial score (nSPS) is 16.3. The number of esters is 1. The van der Waals surface area contributed by atoms with Gasteiger partial charge in [-0.2, -0.15) is 0 Å². The van der Waals surface area contributed by atoms with Gasteiger partial charge in [0.2, 0.25) is 12.6 Å². The molecule has 0 spiro atoms. The number of rotatable bonds is 5. The average molecular weight is 335 g/mol. The quantitative estimate of drug-likeness (QED) is 0.803. The Morgan fingerprint density at radius 1 is 1.21 bits per heavy atom. The molecule has 0 saturated carbocycles. The van der Waals surface area contributed by atoms with Gasteiger partial charge in [-0.1, -0.05) is 6.07 Å². The van der Waals surface area contributed by atoms with Crippen LogP contribution in [0.5, 0.6) is 11.5 Å². The maximum Gasteiger partial charge on any atom is 0.377 e. The summed E-state index contributed by atoms with van der Waals surface area (Å²) >= 11 is 0. The molecule has 0 aromatic heterocycles. The molecule has 0 bridgehead atoms. The zero-order valence-corrected chi connectivity index (χ0v) is 13.1. The molecule has 8 nitrogen and oxygen atoms in total. The molecule has 128 valence electrons. The lowest BCUT2D eigenvalue weighted by Gasteiger charge is -2.16. The predicted octanol–water partition coefficient (Wildman–Crippen LogP) is 1.02. The highest BCUT2D eigenvalue weighted by Gasteiger charge is 2.20. The molecule has 0 unspecified atom stereocenters. The zero-order chi connectivity index (χ0) is 16.9. The van der Waals surface area contributed by atoms with Crippen LogP contribution in [-0.4, -0.2) is 38.5 Å². The Hall–Kier alpha value is -2.90. The minimum Gasteiger partial charge on any atom is -0.493 e. The van der Waals surface area contributed by atoms with Crippen LogP contribution in [0.3, 0.4) is 0 Å². The van der Waals surface area contributed by atoms with E-state index in [1.54, 1.807) is 12.1 Å². The highest BCUT2D eigenvalue weighted by Crippen LogP contribution is 2.34. The van der Waals surface area contributed by atoms with Gasteiger partial charge >= 0.3 is 5.97 Å². The molecule has 0 radical (unpaired) electrons. The summed E-state index contributed by atoms with van der Waals surface area (Å²) in [5.41, 5.74) is 0.852. The van der Waals surface area contributed by atoms with E-state index in [9.17, 15) is 9.59 Å². The molecular weight excluding hydrogens is 318 g/mol. The van der Waals surface area contributed by atoms with E-state index in [2.05, 4.69) is 5.32 Å². The van der Waals surface area contributed by atoms with Gasteiger partial charge < -0.3 is 29.0 Å². The van der Waals surface area contributed by atoms with Gasteiger partial charge in [0.25, 0.3) is 5.91 Å². The Morgan fingerprint density at radius 2 is 2.04 bits per heavy atom. The average Bonchev–Trinajstić information content (AvgIpc) is 3.08.